The lowest BCUT2D eigenvalue weighted by Crippen LogP contribution is -2.56. The largest absolute Gasteiger partial charge is 0.338 e. The second-order valence-corrected chi connectivity index (χ2v) is 8.33. The first-order valence-electron chi connectivity index (χ1n) is 9.31. The maximum absolute atomic E-state index is 13.1. The van der Waals surface area contributed by atoms with Crippen molar-refractivity contribution in [3.05, 3.63) is 51.7 Å². The number of carbonyl (C=O) groups excluding carboxylic acids is 2. The van der Waals surface area contributed by atoms with E-state index < -0.39 is 0 Å². The van der Waals surface area contributed by atoms with Crippen LogP contribution in [0.1, 0.15) is 45.1 Å². The van der Waals surface area contributed by atoms with Crippen LogP contribution in [0.5, 0.6) is 0 Å². The third-order valence-electron chi connectivity index (χ3n) is 5.55. The number of piperidine rings is 2. The van der Waals surface area contributed by atoms with Gasteiger partial charge < -0.3 is 9.80 Å². The molecule has 2 aromatic rings. The zero-order chi connectivity index (χ0) is 19.0. The van der Waals surface area contributed by atoms with E-state index >= 15 is 0 Å². The molecule has 27 heavy (non-hydrogen) atoms. The van der Waals surface area contributed by atoms with Gasteiger partial charge in [-0.1, -0.05) is 0 Å². The van der Waals surface area contributed by atoms with Gasteiger partial charge in [0.1, 0.15) is 11.5 Å². The van der Waals surface area contributed by atoms with Crippen LogP contribution in [0, 0.1) is 18.7 Å². The molecule has 0 saturated carbocycles. The molecule has 5 nitrogen and oxygen atoms in total. The quantitative estimate of drug-likeness (QED) is 0.794. The summed E-state index contributed by atoms with van der Waals surface area (Å²) >= 11 is 1.49. The first-order chi connectivity index (χ1) is 13.0. The minimum atomic E-state index is -0.344. The first kappa shape index (κ1) is 18.1. The van der Waals surface area contributed by atoms with Crippen LogP contribution in [0.2, 0.25) is 0 Å². The molecule has 4 rings (SSSR count). The average Bonchev–Trinajstić information content (AvgIpc) is 3.13. The Hall–Kier alpha value is -2.28. The van der Waals surface area contributed by atoms with Gasteiger partial charge in [-0.05, 0) is 56.4 Å². The van der Waals surface area contributed by atoms with Crippen LogP contribution in [-0.4, -0.2) is 52.3 Å². The topological polar surface area (TPSA) is 53.5 Å². The third kappa shape index (κ3) is 3.60. The van der Waals surface area contributed by atoms with Crippen molar-refractivity contribution in [1.82, 2.24) is 14.8 Å². The standard InChI is InChI=1S/C20H22FN3O2S/c1-13-22-17(12-27-13)20(26)24-9-2-3-15-11-23(10-8-18(15)24)19(25)14-4-6-16(21)7-5-14/h4-7,12,15,18H,2-3,8-11H2,1H3/t15-,18+/m1/s1. The van der Waals surface area contributed by atoms with E-state index in [0.29, 0.717) is 24.3 Å². The van der Waals surface area contributed by atoms with Crippen molar-refractivity contribution in [3.8, 4) is 0 Å². The van der Waals surface area contributed by atoms with E-state index in [1.54, 1.807) is 0 Å². The Morgan fingerprint density at radius 3 is 2.63 bits per heavy atom. The second kappa shape index (κ2) is 7.38. The van der Waals surface area contributed by atoms with Crippen molar-refractivity contribution in [2.75, 3.05) is 19.6 Å². The van der Waals surface area contributed by atoms with Gasteiger partial charge in [0.25, 0.3) is 11.8 Å². The number of fused-ring (bicyclic) bond motifs is 1. The molecule has 0 aliphatic carbocycles. The summed E-state index contributed by atoms with van der Waals surface area (Å²) in [4.78, 5) is 33.8. The van der Waals surface area contributed by atoms with Crippen LogP contribution in [0.3, 0.4) is 0 Å². The summed E-state index contributed by atoms with van der Waals surface area (Å²) in [6.45, 7) is 3.90. The minimum absolute atomic E-state index is 0.00682. The van der Waals surface area contributed by atoms with Gasteiger partial charge in [-0.25, -0.2) is 9.37 Å². The Balaban J connectivity index is 1.46. The molecule has 2 atom stereocenters. The van der Waals surface area contributed by atoms with E-state index in [2.05, 4.69) is 4.98 Å². The SMILES string of the molecule is Cc1nc(C(=O)N2CCC[C@@H]3CN(C(=O)c4ccc(F)cc4)CC[C@@H]32)cs1. The van der Waals surface area contributed by atoms with Crippen LogP contribution in [0.4, 0.5) is 4.39 Å². The highest BCUT2D eigenvalue weighted by Gasteiger charge is 2.40. The maximum atomic E-state index is 13.1. The zero-order valence-corrected chi connectivity index (χ0v) is 16.0. The maximum Gasteiger partial charge on any atom is 0.273 e. The molecule has 0 spiro atoms. The highest BCUT2D eigenvalue weighted by Crippen LogP contribution is 2.32. The highest BCUT2D eigenvalue weighted by molar-refractivity contribution is 7.09. The number of hydrogen-bond donors (Lipinski definition) is 0. The van der Waals surface area contributed by atoms with Gasteiger partial charge in [0.2, 0.25) is 0 Å². The average molecular weight is 387 g/mol. The fraction of sp³-hybridized carbons (Fsp3) is 0.450. The van der Waals surface area contributed by atoms with E-state index in [0.717, 1.165) is 30.8 Å². The Labute approximate surface area is 161 Å². The second-order valence-electron chi connectivity index (χ2n) is 7.27. The molecule has 1 aromatic carbocycles. The van der Waals surface area contributed by atoms with Gasteiger partial charge in [-0.2, -0.15) is 0 Å². The molecule has 142 valence electrons. The number of halogens is 1. The van der Waals surface area contributed by atoms with E-state index in [1.165, 1.54) is 35.6 Å². The molecule has 0 N–H and O–H groups in total. The smallest absolute Gasteiger partial charge is 0.273 e. The number of benzene rings is 1. The van der Waals surface area contributed by atoms with Crippen molar-refractivity contribution in [2.45, 2.75) is 32.2 Å². The molecule has 0 bridgehead atoms. The molecule has 7 heteroatoms. The summed E-state index contributed by atoms with van der Waals surface area (Å²) in [6, 6.07) is 5.86. The van der Waals surface area contributed by atoms with Gasteiger partial charge in [0.05, 0.1) is 5.01 Å². The van der Waals surface area contributed by atoms with Crippen LogP contribution in [0.25, 0.3) is 0 Å². The number of likely N-dealkylation sites (tertiary alicyclic amines) is 2. The van der Waals surface area contributed by atoms with Crippen molar-refractivity contribution in [2.24, 2.45) is 5.92 Å². The number of hydrogen-bond acceptors (Lipinski definition) is 4. The number of aryl methyl sites for hydroxylation is 1. The molecule has 2 amide bonds. The molecule has 2 aliphatic rings. The van der Waals surface area contributed by atoms with Gasteiger partial charge in [-0.15, -0.1) is 11.3 Å². The Kier molecular flexibility index (Phi) is 4.95. The lowest BCUT2D eigenvalue weighted by molar-refractivity contribution is 0.0194. The number of thiazole rings is 1. The molecule has 2 fully saturated rings. The van der Waals surface area contributed by atoms with Gasteiger partial charge in [0, 0.05) is 36.6 Å². The summed E-state index contributed by atoms with van der Waals surface area (Å²) in [5.74, 6) is -0.121. The monoisotopic (exact) mass is 387 g/mol. The van der Waals surface area contributed by atoms with Crippen molar-refractivity contribution in [3.63, 3.8) is 0 Å². The van der Waals surface area contributed by atoms with Crippen LogP contribution >= 0.6 is 11.3 Å². The van der Waals surface area contributed by atoms with Crippen molar-refractivity contribution in [1.29, 1.82) is 0 Å². The van der Waals surface area contributed by atoms with Crippen LogP contribution in [0.15, 0.2) is 29.6 Å². The number of amides is 2. The summed E-state index contributed by atoms with van der Waals surface area (Å²) in [7, 11) is 0. The summed E-state index contributed by atoms with van der Waals surface area (Å²) in [5, 5.41) is 2.72. The molecular weight excluding hydrogens is 365 g/mol. The van der Waals surface area contributed by atoms with Crippen molar-refractivity contribution >= 4 is 23.2 Å². The first-order valence-corrected chi connectivity index (χ1v) is 10.2. The predicted molar refractivity (Wildman–Crippen MR) is 101 cm³/mol. The summed E-state index contributed by atoms with van der Waals surface area (Å²) in [6.07, 6.45) is 2.72. The van der Waals surface area contributed by atoms with Crippen LogP contribution in [-0.2, 0) is 0 Å². The molecule has 0 unspecified atom stereocenters. The Bertz CT molecular complexity index is 851. The van der Waals surface area contributed by atoms with Gasteiger partial charge in [0.15, 0.2) is 0 Å². The molecule has 2 aliphatic heterocycles. The fourth-order valence-electron chi connectivity index (χ4n) is 4.22. The number of rotatable bonds is 2. The normalized spacial score (nSPS) is 22.4. The highest BCUT2D eigenvalue weighted by atomic mass is 32.1. The predicted octanol–water partition coefficient (Wildman–Crippen LogP) is 3.36. The number of carbonyl (C=O) groups is 2. The lowest BCUT2D eigenvalue weighted by atomic mass is 9.83. The van der Waals surface area contributed by atoms with Gasteiger partial charge >= 0.3 is 0 Å². The third-order valence-corrected chi connectivity index (χ3v) is 6.32. The number of aromatic nitrogens is 1. The molecule has 3 heterocycles. The van der Waals surface area contributed by atoms with E-state index in [9.17, 15) is 14.0 Å². The van der Waals surface area contributed by atoms with Crippen molar-refractivity contribution < 1.29 is 14.0 Å². The van der Waals surface area contributed by atoms with E-state index in [1.807, 2.05) is 22.1 Å². The molecule has 0 radical (unpaired) electrons. The van der Waals surface area contributed by atoms with Gasteiger partial charge in [-0.3, -0.25) is 9.59 Å². The minimum Gasteiger partial charge on any atom is -0.338 e. The lowest BCUT2D eigenvalue weighted by Gasteiger charge is -2.47. The Morgan fingerprint density at radius 2 is 1.93 bits per heavy atom. The molecular formula is C20H22FN3O2S. The summed E-state index contributed by atoms with van der Waals surface area (Å²) in [5.41, 5.74) is 1.04. The zero-order valence-electron chi connectivity index (χ0n) is 15.2. The van der Waals surface area contributed by atoms with E-state index in [4.69, 9.17) is 0 Å². The number of nitrogens with zero attached hydrogens (tertiary/aromatic N) is 3. The fourth-order valence-corrected chi connectivity index (χ4v) is 4.81. The molecule has 2 saturated heterocycles. The molecule has 1 aromatic heterocycles. The van der Waals surface area contributed by atoms with Crippen LogP contribution < -0.4 is 0 Å². The summed E-state index contributed by atoms with van der Waals surface area (Å²) < 4.78 is 13.1. The Morgan fingerprint density at radius 1 is 1.15 bits per heavy atom. The van der Waals surface area contributed by atoms with E-state index in [-0.39, 0.29) is 29.6 Å².